The molecule has 0 aliphatic heterocycles. The van der Waals surface area contributed by atoms with Crippen molar-refractivity contribution in [3.8, 4) is 5.75 Å². The molecule has 5 rings (SSSR count). The van der Waals surface area contributed by atoms with E-state index in [0.29, 0.717) is 23.4 Å². The van der Waals surface area contributed by atoms with Gasteiger partial charge in [-0.2, -0.15) is 18.2 Å². The molecule has 2 bridgehead atoms. The molecule has 14 heteroatoms. The van der Waals surface area contributed by atoms with Crippen LogP contribution in [0.2, 0.25) is 10.0 Å². The van der Waals surface area contributed by atoms with Crippen LogP contribution in [0.5, 0.6) is 5.75 Å². The van der Waals surface area contributed by atoms with Crippen LogP contribution in [0.3, 0.4) is 0 Å². The minimum atomic E-state index is -5.41. The molecule has 3 N–H and O–H groups in total. The maximum absolute atomic E-state index is 13.7. The van der Waals surface area contributed by atoms with E-state index in [9.17, 15) is 37.4 Å². The lowest BCUT2D eigenvalue weighted by Gasteiger charge is -2.58. The van der Waals surface area contributed by atoms with E-state index in [0.717, 1.165) is 6.07 Å². The lowest BCUT2D eigenvalue weighted by atomic mass is 9.59. The van der Waals surface area contributed by atoms with Crippen molar-refractivity contribution in [2.75, 3.05) is 13.2 Å². The van der Waals surface area contributed by atoms with Crippen molar-refractivity contribution in [1.82, 2.24) is 10.4 Å². The van der Waals surface area contributed by atoms with Crippen LogP contribution in [0.1, 0.15) is 43.8 Å². The van der Waals surface area contributed by atoms with Crippen molar-refractivity contribution in [2.45, 2.75) is 61.6 Å². The van der Waals surface area contributed by atoms with Gasteiger partial charge in [0.1, 0.15) is 17.1 Å². The van der Waals surface area contributed by atoms with Crippen molar-refractivity contribution in [3.05, 3.63) is 63.9 Å². The summed E-state index contributed by atoms with van der Waals surface area (Å²) in [5.41, 5.74) is -1.70. The molecule has 3 aliphatic rings. The number of β-amino-alcohol motifs (C(OH)–C–C–N with tert-alkyl or cyclic N) is 1. The molecule has 1 amide bonds. The van der Waals surface area contributed by atoms with Crippen molar-refractivity contribution in [3.63, 3.8) is 0 Å². The Bertz CT molecular complexity index is 1240. The third-order valence-corrected chi connectivity index (χ3v) is 8.05. The highest BCUT2D eigenvalue weighted by atomic mass is 35.5. The van der Waals surface area contributed by atoms with Gasteiger partial charge in [-0.15, -0.1) is 0 Å². The van der Waals surface area contributed by atoms with E-state index in [-0.39, 0.29) is 41.6 Å². The van der Waals surface area contributed by atoms with Gasteiger partial charge in [0.15, 0.2) is 6.61 Å². The molecule has 0 radical (unpaired) electrons. The summed E-state index contributed by atoms with van der Waals surface area (Å²) in [7, 11) is 0. The zero-order valence-electron chi connectivity index (χ0n) is 20.9. The van der Waals surface area contributed by atoms with Crippen molar-refractivity contribution >= 4 is 35.1 Å². The van der Waals surface area contributed by atoms with E-state index in [1.54, 1.807) is 24.3 Å². The Kier molecular flexibility index (Phi) is 8.86. The largest absolute Gasteiger partial charge is 0.493 e. The number of halogens is 6. The number of rotatable bonds is 8. The zero-order valence-corrected chi connectivity index (χ0v) is 22.4. The summed E-state index contributed by atoms with van der Waals surface area (Å²) in [6.07, 6.45) is -7.09. The number of amides is 1. The smallest absolute Gasteiger partial charge is 0.484 e. The maximum atomic E-state index is 13.7. The molecule has 3 saturated carbocycles. The first-order chi connectivity index (χ1) is 18.7. The Balaban J connectivity index is 1.48. The second-order valence-electron chi connectivity index (χ2n) is 9.98. The van der Waals surface area contributed by atoms with Gasteiger partial charge in [-0.05, 0) is 61.9 Å². The predicted molar refractivity (Wildman–Crippen MR) is 135 cm³/mol. The fourth-order valence-corrected chi connectivity index (χ4v) is 5.50. The van der Waals surface area contributed by atoms with Crippen LogP contribution in [0, 0.1) is 5.82 Å². The molecular formula is C26H26Cl2F4N2O6. The normalized spacial score (nSPS) is 24.9. The molecule has 2 aromatic carbocycles. The quantitative estimate of drug-likeness (QED) is 0.299. The standard InChI is InChI=1S/C26H26Cl2F4N2O6/c27-16-3-1-15(2-4-16)20(35)13-33-24-7-9-25(10-8-24,21(36)12-24)34(40-23(38)26(30,31)32)22(37)14-39-17-5-6-18(28)19(29)11-17/h1-6,11,20-21,33,35-36H,7-10,12-14H2/t20-,21+,24?,25?/m1/s1. The van der Waals surface area contributed by atoms with Crippen LogP contribution < -0.4 is 10.1 Å². The Morgan fingerprint density at radius 3 is 2.33 bits per heavy atom. The number of hydrogen-bond donors (Lipinski definition) is 3. The summed E-state index contributed by atoms with van der Waals surface area (Å²) in [6.45, 7) is -0.782. The third-order valence-electron chi connectivity index (χ3n) is 7.49. The number of nitrogens with zero attached hydrogens (tertiary/aromatic N) is 1. The van der Waals surface area contributed by atoms with Crippen LogP contribution in [-0.2, 0) is 14.4 Å². The molecular weight excluding hydrogens is 583 g/mol. The molecule has 3 fully saturated rings. The van der Waals surface area contributed by atoms with Gasteiger partial charge in [-0.3, -0.25) is 4.79 Å². The van der Waals surface area contributed by atoms with Crippen molar-refractivity contribution in [2.24, 2.45) is 0 Å². The molecule has 40 heavy (non-hydrogen) atoms. The van der Waals surface area contributed by atoms with Gasteiger partial charge in [0.05, 0.1) is 17.2 Å². The Hall–Kier alpha value is -2.64. The van der Waals surface area contributed by atoms with Gasteiger partial charge in [-0.1, -0.05) is 35.3 Å². The summed E-state index contributed by atoms with van der Waals surface area (Å²) in [5, 5.41) is 25.5. The SMILES string of the molecule is O=C(COc1ccc(Cl)c(F)c1)N(OC(=O)C(F)(F)F)C12CCC(NC[C@@H](O)c3ccc(Cl)cc3)(CC1)C[C@@H]2O. The van der Waals surface area contributed by atoms with Crippen LogP contribution in [0.25, 0.3) is 0 Å². The Labute approximate surface area is 236 Å². The first-order valence-electron chi connectivity index (χ1n) is 12.3. The van der Waals surface area contributed by atoms with Gasteiger partial charge in [-0.25, -0.2) is 9.18 Å². The first-order valence-corrected chi connectivity index (χ1v) is 13.1. The van der Waals surface area contributed by atoms with E-state index in [4.69, 9.17) is 27.9 Å². The Morgan fingerprint density at radius 2 is 1.75 bits per heavy atom. The average molecular weight is 609 g/mol. The van der Waals surface area contributed by atoms with Gasteiger partial charge >= 0.3 is 12.1 Å². The van der Waals surface area contributed by atoms with Gasteiger partial charge < -0.3 is 25.1 Å². The number of aliphatic hydroxyl groups excluding tert-OH is 2. The first kappa shape index (κ1) is 30.3. The minimum absolute atomic E-state index is 0.00927. The van der Waals surface area contributed by atoms with Crippen LogP contribution in [0.15, 0.2) is 42.5 Å². The van der Waals surface area contributed by atoms with Crippen LogP contribution in [0.4, 0.5) is 17.6 Å². The number of benzene rings is 2. The second-order valence-corrected chi connectivity index (χ2v) is 10.8. The molecule has 8 nitrogen and oxygen atoms in total. The molecule has 0 aromatic heterocycles. The second kappa shape index (κ2) is 11.7. The fraction of sp³-hybridized carbons (Fsp3) is 0.462. The van der Waals surface area contributed by atoms with Gasteiger partial charge in [0.2, 0.25) is 0 Å². The highest BCUT2D eigenvalue weighted by molar-refractivity contribution is 6.30. The molecule has 0 saturated heterocycles. The van der Waals surface area contributed by atoms with Crippen LogP contribution >= 0.6 is 23.2 Å². The topological polar surface area (TPSA) is 108 Å². The molecule has 218 valence electrons. The van der Waals surface area contributed by atoms with E-state index >= 15 is 0 Å². The number of hydroxylamine groups is 2. The van der Waals surface area contributed by atoms with Crippen molar-refractivity contribution in [1.29, 1.82) is 0 Å². The van der Waals surface area contributed by atoms with E-state index < -0.39 is 53.8 Å². The number of nitrogens with one attached hydrogen (secondary N) is 1. The summed E-state index contributed by atoms with van der Waals surface area (Å²) in [4.78, 5) is 29.4. The molecule has 2 atom stereocenters. The molecule has 2 aromatic rings. The average Bonchev–Trinajstić information content (AvgIpc) is 2.91. The monoisotopic (exact) mass is 608 g/mol. The number of hydrogen-bond acceptors (Lipinski definition) is 7. The highest BCUT2D eigenvalue weighted by Crippen LogP contribution is 2.50. The fourth-order valence-electron chi connectivity index (χ4n) is 5.26. The van der Waals surface area contributed by atoms with Gasteiger partial charge in [0, 0.05) is 23.2 Å². The van der Waals surface area contributed by atoms with Crippen molar-refractivity contribution < 1.29 is 46.9 Å². The van der Waals surface area contributed by atoms with Gasteiger partial charge in [0.25, 0.3) is 5.91 Å². The lowest BCUT2D eigenvalue weighted by molar-refractivity contribution is -0.277. The number of ether oxygens (including phenoxy) is 1. The predicted octanol–water partition coefficient (Wildman–Crippen LogP) is 4.50. The molecule has 0 spiro atoms. The summed E-state index contributed by atoms with van der Waals surface area (Å²) in [5.74, 6) is -4.78. The summed E-state index contributed by atoms with van der Waals surface area (Å²) >= 11 is 11.5. The minimum Gasteiger partial charge on any atom is -0.484 e. The number of alkyl halides is 3. The molecule has 3 aliphatic carbocycles. The van der Waals surface area contributed by atoms with E-state index in [1.165, 1.54) is 12.1 Å². The molecule has 0 unspecified atom stereocenters. The number of carbonyl (C=O) groups is 2. The van der Waals surface area contributed by atoms with Crippen LogP contribution in [-0.4, -0.2) is 63.7 Å². The van der Waals surface area contributed by atoms with E-state index in [1.807, 2.05) is 0 Å². The maximum Gasteiger partial charge on any atom is 0.493 e. The summed E-state index contributed by atoms with van der Waals surface area (Å²) < 4.78 is 58.3. The Morgan fingerprint density at radius 1 is 1.10 bits per heavy atom. The summed E-state index contributed by atoms with van der Waals surface area (Å²) in [6, 6.07) is 9.92. The zero-order chi connectivity index (χ0) is 29.3. The molecule has 0 heterocycles. The van der Waals surface area contributed by atoms with E-state index in [2.05, 4.69) is 10.2 Å². The third kappa shape index (κ3) is 6.46. The number of aliphatic hydroxyl groups is 2. The number of carbonyl (C=O) groups excluding carboxylic acids is 2. The lowest BCUT2D eigenvalue weighted by Crippen LogP contribution is -2.71. The number of fused-ring (bicyclic) bond motifs is 3. The highest BCUT2D eigenvalue weighted by Gasteiger charge is 2.60.